The standard InChI is InChI=1S/C25H31FN2O5S/c26-22-6-4-21(5-7-22)25(11-15-32-16-12-25)19-27-24(29)10-3-20-1-8-23(9-2-20)34(30,31)28-13-17-33-18-14-28/h1-2,4-9H,3,10-19H2,(H,27,29). The normalized spacial score (nSPS) is 19.0. The molecule has 0 saturated carbocycles. The summed E-state index contributed by atoms with van der Waals surface area (Å²) in [6, 6.07) is 13.2. The molecule has 0 atom stereocenters. The number of nitrogens with zero attached hydrogens (tertiary/aromatic N) is 1. The van der Waals surface area contributed by atoms with E-state index in [0.29, 0.717) is 58.9 Å². The molecule has 0 aromatic heterocycles. The van der Waals surface area contributed by atoms with Crippen LogP contribution in [0, 0.1) is 5.82 Å². The van der Waals surface area contributed by atoms with Crippen LogP contribution in [0.15, 0.2) is 53.4 Å². The lowest BCUT2D eigenvalue weighted by Gasteiger charge is -2.38. The summed E-state index contributed by atoms with van der Waals surface area (Å²) in [5.74, 6) is -0.350. The molecular weight excluding hydrogens is 459 g/mol. The Labute approximate surface area is 200 Å². The fraction of sp³-hybridized carbons (Fsp3) is 0.480. The zero-order chi connectivity index (χ0) is 24.0. The van der Waals surface area contributed by atoms with Gasteiger partial charge in [0.15, 0.2) is 0 Å². The number of carbonyl (C=O) groups is 1. The fourth-order valence-electron chi connectivity index (χ4n) is 4.51. The van der Waals surface area contributed by atoms with Gasteiger partial charge in [0.1, 0.15) is 5.82 Å². The summed E-state index contributed by atoms with van der Waals surface area (Å²) in [4.78, 5) is 12.9. The molecule has 0 radical (unpaired) electrons. The third kappa shape index (κ3) is 5.83. The summed E-state index contributed by atoms with van der Waals surface area (Å²) in [5.41, 5.74) is 1.64. The van der Waals surface area contributed by atoms with E-state index < -0.39 is 10.0 Å². The minimum atomic E-state index is -3.53. The van der Waals surface area contributed by atoms with Crippen molar-refractivity contribution in [1.29, 1.82) is 0 Å². The minimum absolute atomic E-state index is 0.0713. The Bertz CT molecular complexity index is 1060. The number of hydrogen-bond acceptors (Lipinski definition) is 5. The van der Waals surface area contributed by atoms with Crippen molar-refractivity contribution in [2.24, 2.45) is 0 Å². The van der Waals surface area contributed by atoms with Gasteiger partial charge in [-0.05, 0) is 54.7 Å². The van der Waals surface area contributed by atoms with Gasteiger partial charge in [0, 0.05) is 44.7 Å². The van der Waals surface area contributed by atoms with Crippen LogP contribution in [0.5, 0.6) is 0 Å². The van der Waals surface area contributed by atoms with Gasteiger partial charge in [-0.25, -0.2) is 12.8 Å². The number of sulfonamides is 1. The fourth-order valence-corrected chi connectivity index (χ4v) is 5.92. The molecule has 2 heterocycles. The zero-order valence-corrected chi connectivity index (χ0v) is 20.0. The molecule has 34 heavy (non-hydrogen) atoms. The molecule has 2 aliphatic rings. The Kier molecular flexibility index (Phi) is 7.98. The third-order valence-electron chi connectivity index (χ3n) is 6.70. The number of nitrogens with one attached hydrogen (secondary N) is 1. The second-order valence-corrected chi connectivity index (χ2v) is 10.8. The number of hydrogen-bond donors (Lipinski definition) is 1. The van der Waals surface area contributed by atoms with Crippen LogP contribution in [0.1, 0.15) is 30.4 Å². The smallest absolute Gasteiger partial charge is 0.243 e. The van der Waals surface area contributed by atoms with E-state index in [1.54, 1.807) is 36.4 Å². The van der Waals surface area contributed by atoms with Crippen LogP contribution in [0.25, 0.3) is 0 Å². The van der Waals surface area contributed by atoms with Crippen LogP contribution >= 0.6 is 0 Å². The van der Waals surface area contributed by atoms with Crippen molar-refractivity contribution in [3.8, 4) is 0 Å². The quantitative estimate of drug-likeness (QED) is 0.615. The second-order valence-electron chi connectivity index (χ2n) is 8.84. The lowest BCUT2D eigenvalue weighted by molar-refractivity contribution is -0.121. The lowest BCUT2D eigenvalue weighted by atomic mass is 9.74. The van der Waals surface area contributed by atoms with Crippen LogP contribution in [-0.4, -0.2) is 64.7 Å². The monoisotopic (exact) mass is 490 g/mol. The van der Waals surface area contributed by atoms with Gasteiger partial charge in [-0.3, -0.25) is 4.79 Å². The Balaban J connectivity index is 1.32. The topological polar surface area (TPSA) is 84.9 Å². The van der Waals surface area contributed by atoms with Crippen molar-refractivity contribution in [2.45, 2.75) is 36.0 Å². The number of carbonyl (C=O) groups excluding carboxylic acids is 1. The van der Waals surface area contributed by atoms with E-state index in [4.69, 9.17) is 9.47 Å². The predicted octanol–water partition coefficient (Wildman–Crippen LogP) is 2.64. The van der Waals surface area contributed by atoms with E-state index in [9.17, 15) is 17.6 Å². The molecule has 1 N–H and O–H groups in total. The van der Waals surface area contributed by atoms with Crippen molar-refractivity contribution < 1.29 is 27.1 Å². The highest BCUT2D eigenvalue weighted by atomic mass is 32.2. The largest absolute Gasteiger partial charge is 0.381 e. The Morgan fingerprint density at radius 3 is 2.21 bits per heavy atom. The van der Waals surface area contributed by atoms with Crippen LogP contribution in [0.3, 0.4) is 0 Å². The van der Waals surface area contributed by atoms with Crippen LogP contribution < -0.4 is 5.32 Å². The summed E-state index contributed by atoms with van der Waals surface area (Å²) in [6.45, 7) is 3.20. The van der Waals surface area contributed by atoms with E-state index in [-0.39, 0.29) is 22.0 Å². The molecule has 0 aliphatic carbocycles. The van der Waals surface area contributed by atoms with E-state index >= 15 is 0 Å². The van der Waals surface area contributed by atoms with E-state index in [2.05, 4.69) is 5.32 Å². The first-order valence-electron chi connectivity index (χ1n) is 11.7. The maximum Gasteiger partial charge on any atom is 0.243 e. The first kappa shape index (κ1) is 24.8. The van der Waals surface area contributed by atoms with E-state index in [1.165, 1.54) is 16.4 Å². The SMILES string of the molecule is O=C(CCc1ccc(S(=O)(=O)N2CCOCC2)cc1)NCC1(c2ccc(F)cc2)CCOCC1. The third-order valence-corrected chi connectivity index (χ3v) is 8.62. The van der Waals surface area contributed by atoms with Gasteiger partial charge < -0.3 is 14.8 Å². The summed E-state index contributed by atoms with van der Waals surface area (Å²) in [7, 11) is -3.53. The highest BCUT2D eigenvalue weighted by Crippen LogP contribution is 2.34. The molecule has 184 valence electrons. The summed E-state index contributed by atoms with van der Waals surface area (Å²) >= 11 is 0. The van der Waals surface area contributed by atoms with Gasteiger partial charge in [0.2, 0.25) is 15.9 Å². The van der Waals surface area contributed by atoms with Crippen molar-refractivity contribution in [2.75, 3.05) is 46.1 Å². The number of aryl methyl sites for hydroxylation is 1. The number of halogens is 1. The molecule has 7 nitrogen and oxygen atoms in total. The molecule has 0 spiro atoms. The molecule has 4 rings (SSSR count). The van der Waals surface area contributed by atoms with Crippen molar-refractivity contribution in [1.82, 2.24) is 9.62 Å². The Morgan fingerprint density at radius 2 is 1.56 bits per heavy atom. The van der Waals surface area contributed by atoms with Crippen molar-refractivity contribution >= 4 is 15.9 Å². The second kappa shape index (κ2) is 10.9. The van der Waals surface area contributed by atoms with Crippen LogP contribution in [0.2, 0.25) is 0 Å². The highest BCUT2D eigenvalue weighted by molar-refractivity contribution is 7.89. The average molecular weight is 491 g/mol. The first-order chi connectivity index (χ1) is 16.4. The van der Waals surface area contributed by atoms with Crippen LogP contribution in [0.4, 0.5) is 4.39 Å². The molecule has 2 saturated heterocycles. The number of benzene rings is 2. The number of amides is 1. The highest BCUT2D eigenvalue weighted by Gasteiger charge is 2.35. The van der Waals surface area contributed by atoms with E-state index in [0.717, 1.165) is 24.0 Å². The van der Waals surface area contributed by atoms with Gasteiger partial charge in [0.25, 0.3) is 0 Å². The molecule has 2 fully saturated rings. The number of rotatable bonds is 8. The van der Waals surface area contributed by atoms with Gasteiger partial charge in [-0.2, -0.15) is 4.31 Å². The molecule has 0 unspecified atom stereocenters. The zero-order valence-electron chi connectivity index (χ0n) is 19.2. The van der Waals surface area contributed by atoms with Crippen molar-refractivity contribution in [3.05, 3.63) is 65.5 Å². The number of morpholine rings is 1. The van der Waals surface area contributed by atoms with Gasteiger partial charge in [-0.1, -0.05) is 24.3 Å². The predicted molar refractivity (Wildman–Crippen MR) is 125 cm³/mol. The van der Waals surface area contributed by atoms with Gasteiger partial charge in [0.05, 0.1) is 18.1 Å². The molecule has 2 aliphatic heterocycles. The van der Waals surface area contributed by atoms with E-state index in [1.807, 2.05) is 0 Å². The molecule has 1 amide bonds. The summed E-state index contributed by atoms with van der Waals surface area (Å²) in [5, 5.41) is 3.05. The maximum absolute atomic E-state index is 13.4. The molecule has 0 bridgehead atoms. The van der Waals surface area contributed by atoms with Crippen LogP contribution in [-0.2, 0) is 36.1 Å². The average Bonchev–Trinajstić information content (AvgIpc) is 2.88. The minimum Gasteiger partial charge on any atom is -0.381 e. The maximum atomic E-state index is 13.4. The Morgan fingerprint density at radius 1 is 0.941 bits per heavy atom. The summed E-state index contributed by atoms with van der Waals surface area (Å²) < 4.78 is 51.1. The Hall–Kier alpha value is -2.33. The molecule has 9 heteroatoms. The lowest BCUT2D eigenvalue weighted by Crippen LogP contribution is -2.44. The van der Waals surface area contributed by atoms with Gasteiger partial charge in [-0.15, -0.1) is 0 Å². The molecule has 2 aromatic carbocycles. The number of ether oxygens (including phenoxy) is 2. The van der Waals surface area contributed by atoms with Crippen molar-refractivity contribution in [3.63, 3.8) is 0 Å². The summed E-state index contributed by atoms with van der Waals surface area (Å²) in [6.07, 6.45) is 2.33. The molecular formula is C25H31FN2O5S. The first-order valence-corrected chi connectivity index (χ1v) is 13.1. The van der Waals surface area contributed by atoms with Gasteiger partial charge >= 0.3 is 0 Å². The molecule has 2 aromatic rings.